The molecule has 0 aliphatic carbocycles. The molecule has 102 valence electrons. The summed E-state index contributed by atoms with van der Waals surface area (Å²) in [6, 6.07) is 11.7. The van der Waals surface area contributed by atoms with E-state index in [9.17, 15) is 0 Å². The van der Waals surface area contributed by atoms with Crippen molar-refractivity contribution in [3.8, 4) is 6.07 Å². The van der Waals surface area contributed by atoms with Gasteiger partial charge in [-0.2, -0.15) is 5.26 Å². The van der Waals surface area contributed by atoms with Crippen LogP contribution in [0.1, 0.15) is 32.3 Å². The minimum atomic E-state index is 0.273. The van der Waals surface area contributed by atoms with E-state index in [-0.39, 0.29) is 6.04 Å². The van der Waals surface area contributed by atoms with Gasteiger partial charge >= 0.3 is 0 Å². The number of para-hydroxylation sites is 1. The lowest BCUT2D eigenvalue weighted by Gasteiger charge is -2.37. The summed E-state index contributed by atoms with van der Waals surface area (Å²) < 4.78 is 0. The van der Waals surface area contributed by atoms with Gasteiger partial charge in [0.1, 0.15) is 0 Å². The summed E-state index contributed by atoms with van der Waals surface area (Å²) in [6.45, 7) is 6.40. The highest BCUT2D eigenvalue weighted by Gasteiger charge is 2.27. The average Bonchev–Trinajstić information content (AvgIpc) is 2.61. The van der Waals surface area contributed by atoms with Gasteiger partial charge in [0.15, 0.2) is 0 Å². The fourth-order valence-corrected chi connectivity index (χ4v) is 2.95. The predicted octanol–water partition coefficient (Wildman–Crippen LogP) is 2.72. The standard InChI is InChI=1S/C16H23N3/c1-3-14-6-4-5-7-16(14)19-13(2)9-11-18-12-15(19)8-10-17/h4-7,13,15,18H,3,8-9,11-12H2,1-2H3. The Balaban J connectivity index is 2.37. The Morgan fingerprint density at radius 1 is 1.42 bits per heavy atom. The molecule has 2 unspecified atom stereocenters. The average molecular weight is 257 g/mol. The van der Waals surface area contributed by atoms with E-state index in [0.29, 0.717) is 12.5 Å². The zero-order valence-electron chi connectivity index (χ0n) is 11.9. The molecule has 2 atom stereocenters. The Hall–Kier alpha value is -1.53. The summed E-state index contributed by atoms with van der Waals surface area (Å²) in [4.78, 5) is 2.46. The third-order valence-electron chi connectivity index (χ3n) is 3.96. The molecule has 0 bridgehead atoms. The zero-order valence-corrected chi connectivity index (χ0v) is 11.9. The van der Waals surface area contributed by atoms with E-state index >= 15 is 0 Å². The number of nitriles is 1. The lowest BCUT2D eigenvalue weighted by Crippen LogP contribution is -2.44. The molecule has 0 amide bonds. The van der Waals surface area contributed by atoms with Crippen LogP contribution < -0.4 is 10.2 Å². The predicted molar refractivity (Wildman–Crippen MR) is 79.3 cm³/mol. The van der Waals surface area contributed by atoms with Crippen molar-refractivity contribution >= 4 is 5.69 Å². The number of aryl methyl sites for hydroxylation is 1. The maximum Gasteiger partial charge on any atom is 0.0643 e. The first-order valence-corrected chi connectivity index (χ1v) is 7.21. The number of rotatable bonds is 3. The molecule has 1 heterocycles. The van der Waals surface area contributed by atoms with Crippen molar-refractivity contribution in [3.63, 3.8) is 0 Å². The van der Waals surface area contributed by atoms with Crippen LogP contribution in [0.2, 0.25) is 0 Å². The van der Waals surface area contributed by atoms with E-state index in [0.717, 1.165) is 25.9 Å². The van der Waals surface area contributed by atoms with Crippen molar-refractivity contribution in [3.05, 3.63) is 29.8 Å². The van der Waals surface area contributed by atoms with Crippen molar-refractivity contribution in [2.24, 2.45) is 0 Å². The van der Waals surface area contributed by atoms with E-state index in [1.165, 1.54) is 11.3 Å². The molecule has 0 radical (unpaired) electrons. The van der Waals surface area contributed by atoms with Gasteiger partial charge in [-0.3, -0.25) is 0 Å². The van der Waals surface area contributed by atoms with Crippen LogP contribution in [0, 0.1) is 11.3 Å². The van der Waals surface area contributed by atoms with Gasteiger partial charge < -0.3 is 10.2 Å². The van der Waals surface area contributed by atoms with E-state index in [1.807, 2.05) is 0 Å². The highest BCUT2D eigenvalue weighted by Crippen LogP contribution is 2.28. The molecule has 1 N–H and O–H groups in total. The zero-order chi connectivity index (χ0) is 13.7. The highest BCUT2D eigenvalue weighted by atomic mass is 15.2. The molecule has 2 rings (SSSR count). The number of nitrogens with zero attached hydrogens (tertiary/aromatic N) is 2. The quantitative estimate of drug-likeness (QED) is 0.905. The van der Waals surface area contributed by atoms with Crippen LogP contribution in [0.15, 0.2) is 24.3 Å². The lowest BCUT2D eigenvalue weighted by molar-refractivity contribution is 0.549. The maximum absolute atomic E-state index is 9.08. The summed E-state index contributed by atoms with van der Waals surface area (Å²) >= 11 is 0. The first-order valence-electron chi connectivity index (χ1n) is 7.21. The van der Waals surface area contributed by atoms with Crippen molar-refractivity contribution < 1.29 is 0 Å². The Labute approximate surface area is 116 Å². The number of hydrogen-bond donors (Lipinski definition) is 1. The van der Waals surface area contributed by atoms with E-state index < -0.39 is 0 Å². The summed E-state index contributed by atoms with van der Waals surface area (Å²) in [5.41, 5.74) is 2.68. The van der Waals surface area contributed by atoms with Gasteiger partial charge in [-0.1, -0.05) is 25.1 Å². The summed E-state index contributed by atoms with van der Waals surface area (Å²) in [7, 11) is 0. The normalized spacial score (nSPS) is 23.7. The highest BCUT2D eigenvalue weighted by molar-refractivity contribution is 5.55. The van der Waals surface area contributed by atoms with Gasteiger partial charge in [-0.15, -0.1) is 0 Å². The smallest absolute Gasteiger partial charge is 0.0643 e. The van der Waals surface area contributed by atoms with Gasteiger partial charge in [0.25, 0.3) is 0 Å². The fraction of sp³-hybridized carbons (Fsp3) is 0.562. The second-order valence-electron chi connectivity index (χ2n) is 5.25. The molecule has 19 heavy (non-hydrogen) atoms. The van der Waals surface area contributed by atoms with Crippen LogP contribution >= 0.6 is 0 Å². The van der Waals surface area contributed by atoms with Gasteiger partial charge in [0.05, 0.1) is 18.5 Å². The van der Waals surface area contributed by atoms with Gasteiger partial charge in [0, 0.05) is 18.3 Å². The summed E-state index contributed by atoms with van der Waals surface area (Å²) in [6.07, 6.45) is 2.74. The number of nitrogens with one attached hydrogen (secondary N) is 1. The molecule has 3 nitrogen and oxygen atoms in total. The van der Waals surface area contributed by atoms with Crippen LogP contribution in [0.25, 0.3) is 0 Å². The van der Waals surface area contributed by atoms with Crippen LogP contribution in [-0.2, 0) is 6.42 Å². The Morgan fingerprint density at radius 3 is 2.95 bits per heavy atom. The lowest BCUT2D eigenvalue weighted by atomic mass is 10.0. The number of hydrogen-bond acceptors (Lipinski definition) is 3. The molecule has 1 saturated heterocycles. The topological polar surface area (TPSA) is 39.1 Å². The van der Waals surface area contributed by atoms with Crippen molar-refractivity contribution in [2.75, 3.05) is 18.0 Å². The first-order chi connectivity index (χ1) is 9.27. The fourth-order valence-electron chi connectivity index (χ4n) is 2.95. The van der Waals surface area contributed by atoms with Gasteiger partial charge in [-0.25, -0.2) is 0 Å². The molecule has 1 aromatic rings. The summed E-state index contributed by atoms with van der Waals surface area (Å²) in [5, 5.41) is 12.5. The van der Waals surface area contributed by atoms with Crippen LogP contribution in [0.5, 0.6) is 0 Å². The molecule has 1 aliphatic rings. The van der Waals surface area contributed by atoms with E-state index in [1.54, 1.807) is 0 Å². The molecule has 1 aliphatic heterocycles. The van der Waals surface area contributed by atoms with Crippen molar-refractivity contribution in [2.45, 2.75) is 45.2 Å². The maximum atomic E-state index is 9.08. The molecule has 0 spiro atoms. The minimum Gasteiger partial charge on any atom is -0.363 e. The Morgan fingerprint density at radius 2 is 2.21 bits per heavy atom. The molecule has 3 heteroatoms. The number of benzene rings is 1. The monoisotopic (exact) mass is 257 g/mol. The molecular formula is C16H23N3. The third-order valence-corrected chi connectivity index (χ3v) is 3.96. The first kappa shape index (κ1) is 13.9. The van der Waals surface area contributed by atoms with E-state index in [2.05, 4.69) is 54.4 Å². The Kier molecular flexibility index (Phi) is 4.81. The molecular weight excluding hydrogens is 234 g/mol. The number of anilines is 1. The second-order valence-corrected chi connectivity index (χ2v) is 5.25. The second kappa shape index (κ2) is 6.58. The van der Waals surface area contributed by atoms with Gasteiger partial charge in [-0.05, 0) is 37.9 Å². The SMILES string of the molecule is CCc1ccccc1N1C(C)CCNCC1CC#N. The largest absolute Gasteiger partial charge is 0.363 e. The van der Waals surface area contributed by atoms with Gasteiger partial charge in [0.2, 0.25) is 0 Å². The summed E-state index contributed by atoms with van der Waals surface area (Å²) in [5.74, 6) is 0. The van der Waals surface area contributed by atoms with Crippen molar-refractivity contribution in [1.29, 1.82) is 5.26 Å². The Bertz CT molecular complexity index is 450. The van der Waals surface area contributed by atoms with Crippen LogP contribution in [-0.4, -0.2) is 25.2 Å². The molecule has 0 saturated carbocycles. The molecule has 0 aromatic heterocycles. The van der Waals surface area contributed by atoms with Crippen molar-refractivity contribution in [1.82, 2.24) is 5.32 Å². The minimum absolute atomic E-state index is 0.273. The van der Waals surface area contributed by atoms with E-state index in [4.69, 9.17) is 5.26 Å². The van der Waals surface area contributed by atoms with Crippen LogP contribution in [0.4, 0.5) is 5.69 Å². The third kappa shape index (κ3) is 3.08. The molecule has 1 fully saturated rings. The molecule has 1 aromatic carbocycles. The van der Waals surface area contributed by atoms with Crippen LogP contribution in [0.3, 0.4) is 0 Å².